The van der Waals surface area contributed by atoms with Crippen LogP contribution in [0.1, 0.15) is 58.8 Å². The molecule has 2 fully saturated rings. The Kier molecular flexibility index (Phi) is 5.25. The van der Waals surface area contributed by atoms with Crippen LogP contribution in [0.5, 0.6) is 0 Å². The molecule has 1 aliphatic heterocycles. The molecule has 0 bridgehead atoms. The summed E-state index contributed by atoms with van der Waals surface area (Å²) in [5, 5.41) is 15.7. The molecule has 21 heavy (non-hydrogen) atoms. The van der Waals surface area contributed by atoms with Gasteiger partial charge in [-0.05, 0) is 31.6 Å². The minimum atomic E-state index is -0.419. The number of hydrogen-bond donors (Lipinski definition) is 3. The van der Waals surface area contributed by atoms with Crippen molar-refractivity contribution in [1.29, 1.82) is 0 Å². The maximum atomic E-state index is 12.5. The highest BCUT2D eigenvalue weighted by molar-refractivity contribution is 5.88. The van der Waals surface area contributed by atoms with Crippen molar-refractivity contribution in [1.82, 2.24) is 10.6 Å². The number of nitrogens with one attached hydrogen (secondary N) is 2. The van der Waals surface area contributed by atoms with Gasteiger partial charge in [-0.2, -0.15) is 0 Å². The molecule has 2 aliphatic rings. The Balaban J connectivity index is 2.02. The van der Waals surface area contributed by atoms with Gasteiger partial charge in [0.25, 0.3) is 0 Å². The van der Waals surface area contributed by atoms with Crippen molar-refractivity contribution in [3.63, 3.8) is 0 Å². The summed E-state index contributed by atoms with van der Waals surface area (Å²) < 4.78 is 0. The van der Waals surface area contributed by atoms with Crippen molar-refractivity contribution in [3.8, 4) is 0 Å². The van der Waals surface area contributed by atoms with Gasteiger partial charge < -0.3 is 15.7 Å². The van der Waals surface area contributed by atoms with E-state index in [0.29, 0.717) is 12.8 Å². The molecule has 2 atom stereocenters. The zero-order chi connectivity index (χ0) is 15.5. The number of aliphatic hydroxyl groups is 1. The molecule has 3 N–H and O–H groups in total. The van der Waals surface area contributed by atoms with Gasteiger partial charge in [-0.25, -0.2) is 0 Å². The molecule has 1 saturated heterocycles. The highest BCUT2D eigenvalue weighted by atomic mass is 16.3. The molecule has 0 aromatic rings. The number of aliphatic hydroxyl groups excluding tert-OH is 1. The van der Waals surface area contributed by atoms with Crippen LogP contribution < -0.4 is 10.6 Å². The van der Waals surface area contributed by atoms with Crippen LogP contribution in [-0.4, -0.2) is 35.6 Å². The average Bonchev–Trinajstić information content (AvgIpc) is 2.61. The van der Waals surface area contributed by atoms with Crippen LogP contribution in [0, 0.1) is 11.3 Å². The Bertz CT molecular complexity index is 385. The molecule has 1 heterocycles. The second-order valence-corrected chi connectivity index (χ2v) is 6.97. The predicted octanol–water partition coefficient (Wildman–Crippen LogP) is 1.35. The average molecular weight is 296 g/mol. The molecule has 5 heteroatoms. The van der Waals surface area contributed by atoms with Crippen molar-refractivity contribution in [3.05, 3.63) is 0 Å². The Morgan fingerprint density at radius 1 is 1.38 bits per heavy atom. The van der Waals surface area contributed by atoms with E-state index < -0.39 is 6.04 Å². The van der Waals surface area contributed by atoms with E-state index in [1.54, 1.807) is 0 Å². The first kappa shape index (κ1) is 16.3. The summed E-state index contributed by atoms with van der Waals surface area (Å²) in [6.45, 7) is 4.27. The lowest BCUT2D eigenvalue weighted by Crippen LogP contribution is -2.59. The summed E-state index contributed by atoms with van der Waals surface area (Å²) >= 11 is 0. The Morgan fingerprint density at radius 3 is 2.62 bits per heavy atom. The van der Waals surface area contributed by atoms with E-state index in [9.17, 15) is 14.7 Å². The van der Waals surface area contributed by atoms with Crippen LogP contribution in [0.3, 0.4) is 0 Å². The second-order valence-electron chi connectivity index (χ2n) is 6.97. The third kappa shape index (κ3) is 3.57. The van der Waals surface area contributed by atoms with Gasteiger partial charge in [0.1, 0.15) is 6.04 Å². The highest BCUT2D eigenvalue weighted by Crippen LogP contribution is 2.45. The number of hydrogen-bond acceptors (Lipinski definition) is 3. The lowest BCUT2D eigenvalue weighted by Gasteiger charge is -2.48. The first-order chi connectivity index (χ1) is 9.98. The molecule has 0 aromatic heterocycles. The Hall–Kier alpha value is -1.10. The first-order valence-corrected chi connectivity index (χ1v) is 8.19. The summed E-state index contributed by atoms with van der Waals surface area (Å²) in [6.07, 6.45) is 6.00. The molecule has 2 rings (SSSR count). The fourth-order valence-electron chi connectivity index (χ4n) is 3.65. The SMILES string of the molecule is CC(C)C(NC(=O)C1CCCCC(=O)N1)C1(CO)CCC1. The smallest absolute Gasteiger partial charge is 0.242 e. The van der Waals surface area contributed by atoms with Gasteiger partial charge in [0.15, 0.2) is 0 Å². The first-order valence-electron chi connectivity index (χ1n) is 8.19. The van der Waals surface area contributed by atoms with Crippen molar-refractivity contribution in [2.75, 3.05) is 6.61 Å². The van der Waals surface area contributed by atoms with E-state index in [1.807, 2.05) is 0 Å². The molecule has 1 saturated carbocycles. The van der Waals surface area contributed by atoms with Gasteiger partial charge in [-0.1, -0.05) is 26.7 Å². The number of rotatable bonds is 5. The third-order valence-corrected chi connectivity index (χ3v) is 5.09. The summed E-state index contributed by atoms with van der Waals surface area (Å²) in [6, 6.07) is -0.444. The molecule has 5 nitrogen and oxygen atoms in total. The standard InChI is InChI=1S/C16H28N2O3/c1-11(2)14(16(10-19)8-5-9-16)18-15(21)12-6-3-4-7-13(20)17-12/h11-12,14,19H,3-10H2,1-2H3,(H,17,20)(H,18,21). The summed E-state index contributed by atoms with van der Waals surface area (Å²) in [5.74, 6) is 0.140. The van der Waals surface area contributed by atoms with Crippen molar-refractivity contribution >= 4 is 11.8 Å². The Morgan fingerprint density at radius 2 is 2.10 bits per heavy atom. The lowest BCUT2D eigenvalue weighted by molar-refractivity contribution is -0.131. The van der Waals surface area contributed by atoms with Gasteiger partial charge >= 0.3 is 0 Å². The summed E-state index contributed by atoms with van der Waals surface area (Å²) in [4.78, 5) is 24.1. The van der Waals surface area contributed by atoms with Crippen molar-refractivity contribution in [2.24, 2.45) is 11.3 Å². The van der Waals surface area contributed by atoms with Gasteiger partial charge in [0.05, 0.1) is 6.61 Å². The minimum absolute atomic E-state index is 0.0242. The summed E-state index contributed by atoms with van der Waals surface area (Å²) in [5.41, 5.74) is -0.168. The highest BCUT2D eigenvalue weighted by Gasteiger charge is 2.46. The number of carbonyl (C=O) groups excluding carboxylic acids is 2. The second kappa shape index (κ2) is 6.77. The van der Waals surface area contributed by atoms with Crippen molar-refractivity contribution in [2.45, 2.75) is 70.9 Å². The van der Waals surface area contributed by atoms with E-state index in [4.69, 9.17) is 0 Å². The van der Waals surface area contributed by atoms with Gasteiger partial charge in [-0.15, -0.1) is 0 Å². The largest absolute Gasteiger partial charge is 0.396 e. The zero-order valence-corrected chi connectivity index (χ0v) is 13.2. The van der Waals surface area contributed by atoms with Crippen LogP contribution >= 0.6 is 0 Å². The van der Waals surface area contributed by atoms with Gasteiger partial charge in [0, 0.05) is 17.9 Å². The van der Waals surface area contributed by atoms with Crippen LogP contribution in [0.4, 0.5) is 0 Å². The molecule has 0 spiro atoms. The molecule has 0 aromatic carbocycles. The Labute approximate surface area is 126 Å². The minimum Gasteiger partial charge on any atom is -0.396 e. The monoisotopic (exact) mass is 296 g/mol. The van der Waals surface area contributed by atoms with Crippen LogP contribution in [-0.2, 0) is 9.59 Å². The quantitative estimate of drug-likeness (QED) is 0.716. The van der Waals surface area contributed by atoms with E-state index >= 15 is 0 Å². The van der Waals surface area contributed by atoms with Crippen LogP contribution in [0.2, 0.25) is 0 Å². The molecular weight excluding hydrogens is 268 g/mol. The van der Waals surface area contributed by atoms with Gasteiger partial charge in [0.2, 0.25) is 11.8 Å². The van der Waals surface area contributed by atoms with Gasteiger partial charge in [-0.3, -0.25) is 9.59 Å². The third-order valence-electron chi connectivity index (χ3n) is 5.09. The van der Waals surface area contributed by atoms with E-state index in [-0.39, 0.29) is 35.8 Å². The summed E-state index contributed by atoms with van der Waals surface area (Å²) in [7, 11) is 0. The molecular formula is C16H28N2O3. The fraction of sp³-hybridized carbons (Fsp3) is 0.875. The molecule has 2 amide bonds. The zero-order valence-electron chi connectivity index (χ0n) is 13.2. The number of carbonyl (C=O) groups is 2. The van der Waals surface area contributed by atoms with Crippen LogP contribution in [0.25, 0.3) is 0 Å². The maximum absolute atomic E-state index is 12.5. The van der Waals surface area contributed by atoms with E-state index in [2.05, 4.69) is 24.5 Å². The topological polar surface area (TPSA) is 78.4 Å². The molecule has 1 aliphatic carbocycles. The fourth-order valence-corrected chi connectivity index (χ4v) is 3.65. The normalized spacial score (nSPS) is 26.5. The van der Waals surface area contributed by atoms with Crippen LogP contribution in [0.15, 0.2) is 0 Å². The molecule has 120 valence electrons. The predicted molar refractivity (Wildman–Crippen MR) is 80.5 cm³/mol. The van der Waals surface area contributed by atoms with E-state index in [1.165, 1.54) is 0 Å². The number of amides is 2. The molecule has 2 unspecified atom stereocenters. The maximum Gasteiger partial charge on any atom is 0.242 e. The molecule has 0 radical (unpaired) electrons. The van der Waals surface area contributed by atoms with Crippen molar-refractivity contribution < 1.29 is 14.7 Å². The lowest BCUT2D eigenvalue weighted by atomic mass is 9.62. The van der Waals surface area contributed by atoms with E-state index in [0.717, 1.165) is 32.1 Å².